The van der Waals surface area contributed by atoms with Gasteiger partial charge in [0.2, 0.25) is 0 Å². The summed E-state index contributed by atoms with van der Waals surface area (Å²) in [7, 11) is 1.56. The van der Waals surface area contributed by atoms with Crippen molar-refractivity contribution < 1.29 is 9.53 Å². The van der Waals surface area contributed by atoms with Gasteiger partial charge in [0.1, 0.15) is 21.8 Å². The molecule has 106 valence electrons. The normalized spacial score (nSPS) is 10.7. The smallest absolute Gasteiger partial charge is 0.260 e. The summed E-state index contributed by atoms with van der Waals surface area (Å²) in [5, 5.41) is 0.603. The van der Waals surface area contributed by atoms with Gasteiger partial charge in [-0.2, -0.15) is 0 Å². The number of hydrogen-bond donors (Lipinski definition) is 2. The molecule has 0 radical (unpaired) electrons. The molecule has 21 heavy (non-hydrogen) atoms. The lowest BCUT2D eigenvalue weighted by atomic mass is 10.1. The third kappa shape index (κ3) is 2.15. The van der Waals surface area contributed by atoms with Crippen LogP contribution in [0, 0.1) is 0 Å². The Hall–Kier alpha value is -2.74. The Labute approximate surface area is 123 Å². The molecule has 8 heteroatoms. The fourth-order valence-corrected chi connectivity index (χ4v) is 2.93. The predicted octanol–water partition coefficient (Wildman–Crippen LogP) is 1.44. The highest BCUT2D eigenvalue weighted by Crippen LogP contribution is 2.37. The maximum Gasteiger partial charge on any atom is 0.260 e. The van der Waals surface area contributed by atoms with Crippen LogP contribution in [0.1, 0.15) is 9.67 Å². The van der Waals surface area contributed by atoms with Crippen molar-refractivity contribution in [1.29, 1.82) is 0 Å². The molecule has 0 aliphatic carbocycles. The summed E-state index contributed by atoms with van der Waals surface area (Å²) in [6.07, 6.45) is 4.65. The van der Waals surface area contributed by atoms with Crippen molar-refractivity contribution in [3.63, 3.8) is 0 Å². The van der Waals surface area contributed by atoms with E-state index in [1.165, 1.54) is 6.33 Å². The molecule has 3 aromatic heterocycles. The molecule has 0 aliphatic heterocycles. The standard InChI is InChI=1S/C13H11N5O2S/c1-20-7-2-6(3-16-4-7)10-8-9(14)11(12(15)19)21-13(8)18-5-17-10/h2-5H,14H2,1H3,(H2,15,19). The van der Waals surface area contributed by atoms with Gasteiger partial charge in [-0.3, -0.25) is 9.78 Å². The van der Waals surface area contributed by atoms with Crippen LogP contribution in [-0.4, -0.2) is 28.0 Å². The number of pyridine rings is 1. The first-order valence-electron chi connectivity index (χ1n) is 5.94. The molecule has 0 unspecified atom stereocenters. The molecule has 0 saturated heterocycles. The minimum absolute atomic E-state index is 0.280. The Bertz CT molecular complexity index is 846. The van der Waals surface area contributed by atoms with Crippen LogP contribution in [0.2, 0.25) is 0 Å². The highest BCUT2D eigenvalue weighted by atomic mass is 32.1. The van der Waals surface area contributed by atoms with Crippen molar-refractivity contribution in [3.8, 4) is 17.0 Å². The molecule has 4 N–H and O–H groups in total. The van der Waals surface area contributed by atoms with Crippen LogP contribution in [0.25, 0.3) is 21.5 Å². The summed E-state index contributed by atoms with van der Waals surface area (Å²) in [4.78, 5) is 24.8. The average molecular weight is 301 g/mol. The maximum absolute atomic E-state index is 11.4. The van der Waals surface area contributed by atoms with Crippen LogP contribution >= 0.6 is 11.3 Å². The Morgan fingerprint density at radius 1 is 1.33 bits per heavy atom. The number of ether oxygens (including phenoxy) is 1. The highest BCUT2D eigenvalue weighted by Gasteiger charge is 2.19. The summed E-state index contributed by atoms with van der Waals surface area (Å²) in [5.41, 5.74) is 13.0. The van der Waals surface area contributed by atoms with Crippen LogP contribution in [0.3, 0.4) is 0 Å². The lowest BCUT2D eigenvalue weighted by molar-refractivity contribution is 0.100. The van der Waals surface area contributed by atoms with E-state index in [0.29, 0.717) is 27.3 Å². The number of aromatic nitrogens is 3. The van der Waals surface area contributed by atoms with E-state index in [9.17, 15) is 4.79 Å². The summed E-state index contributed by atoms with van der Waals surface area (Å²) in [6, 6.07) is 1.79. The molecule has 0 spiro atoms. The summed E-state index contributed by atoms with van der Waals surface area (Å²) >= 11 is 1.15. The van der Waals surface area contributed by atoms with Gasteiger partial charge in [-0.25, -0.2) is 9.97 Å². The SMILES string of the molecule is COc1cncc(-c2ncnc3sc(C(N)=O)c(N)c23)c1. The Morgan fingerprint density at radius 2 is 2.14 bits per heavy atom. The first-order chi connectivity index (χ1) is 10.1. The topological polar surface area (TPSA) is 117 Å². The number of nitrogens with two attached hydrogens (primary N) is 2. The summed E-state index contributed by atoms with van der Waals surface area (Å²) < 4.78 is 5.15. The number of primary amides is 1. The minimum atomic E-state index is -0.579. The number of amides is 1. The number of fused-ring (bicyclic) bond motifs is 1. The number of hydrogen-bond acceptors (Lipinski definition) is 7. The van der Waals surface area contributed by atoms with E-state index in [4.69, 9.17) is 16.2 Å². The first-order valence-corrected chi connectivity index (χ1v) is 6.75. The van der Waals surface area contributed by atoms with Gasteiger partial charge in [0.05, 0.1) is 30.1 Å². The Morgan fingerprint density at radius 3 is 2.86 bits per heavy atom. The third-order valence-corrected chi connectivity index (χ3v) is 4.10. The lowest BCUT2D eigenvalue weighted by Crippen LogP contribution is -2.10. The van der Waals surface area contributed by atoms with Crippen molar-refractivity contribution in [3.05, 3.63) is 29.7 Å². The first kappa shape index (κ1) is 13.3. The molecule has 1 amide bonds. The molecule has 0 fully saturated rings. The number of nitrogen functional groups attached to an aromatic ring is 1. The van der Waals surface area contributed by atoms with E-state index in [0.717, 1.165) is 16.9 Å². The molecule has 0 atom stereocenters. The number of rotatable bonds is 3. The van der Waals surface area contributed by atoms with E-state index >= 15 is 0 Å². The fourth-order valence-electron chi connectivity index (χ4n) is 2.02. The van der Waals surface area contributed by atoms with Crippen molar-refractivity contribution in [2.75, 3.05) is 12.8 Å². The average Bonchev–Trinajstić information content (AvgIpc) is 2.85. The van der Waals surface area contributed by atoms with Gasteiger partial charge in [0.15, 0.2) is 0 Å². The Balaban J connectivity index is 2.29. The molecule has 0 aliphatic rings. The maximum atomic E-state index is 11.4. The zero-order chi connectivity index (χ0) is 15.0. The molecule has 3 aromatic rings. The summed E-state index contributed by atoms with van der Waals surface area (Å²) in [6.45, 7) is 0. The predicted molar refractivity (Wildman–Crippen MR) is 80.1 cm³/mol. The molecule has 0 bridgehead atoms. The molecule has 7 nitrogen and oxygen atoms in total. The quantitative estimate of drug-likeness (QED) is 0.756. The molecule has 0 saturated carbocycles. The van der Waals surface area contributed by atoms with E-state index in [1.807, 2.05) is 0 Å². The van der Waals surface area contributed by atoms with Gasteiger partial charge in [0.25, 0.3) is 5.91 Å². The van der Waals surface area contributed by atoms with Crippen molar-refractivity contribution in [2.45, 2.75) is 0 Å². The minimum Gasteiger partial charge on any atom is -0.495 e. The molecular weight excluding hydrogens is 290 g/mol. The monoisotopic (exact) mass is 301 g/mol. The van der Waals surface area contributed by atoms with E-state index in [1.54, 1.807) is 25.6 Å². The second-order valence-electron chi connectivity index (χ2n) is 4.22. The van der Waals surface area contributed by atoms with E-state index in [-0.39, 0.29) is 4.88 Å². The van der Waals surface area contributed by atoms with Crippen molar-refractivity contribution >= 4 is 33.1 Å². The lowest BCUT2D eigenvalue weighted by Gasteiger charge is -2.05. The van der Waals surface area contributed by atoms with Crippen molar-refractivity contribution in [1.82, 2.24) is 15.0 Å². The number of methoxy groups -OCH3 is 1. The number of nitrogens with zero attached hydrogens (tertiary/aromatic N) is 3. The molecular formula is C13H11N5O2S. The molecule has 3 heterocycles. The van der Waals surface area contributed by atoms with Gasteiger partial charge < -0.3 is 16.2 Å². The largest absolute Gasteiger partial charge is 0.495 e. The van der Waals surface area contributed by atoms with Gasteiger partial charge in [-0.15, -0.1) is 11.3 Å². The number of anilines is 1. The van der Waals surface area contributed by atoms with Crippen LogP contribution in [-0.2, 0) is 0 Å². The van der Waals surface area contributed by atoms with Gasteiger partial charge in [0, 0.05) is 11.8 Å². The van der Waals surface area contributed by atoms with E-state index < -0.39 is 5.91 Å². The van der Waals surface area contributed by atoms with Crippen LogP contribution in [0.4, 0.5) is 5.69 Å². The van der Waals surface area contributed by atoms with Crippen LogP contribution in [0.5, 0.6) is 5.75 Å². The fraction of sp³-hybridized carbons (Fsp3) is 0.0769. The zero-order valence-corrected chi connectivity index (χ0v) is 11.8. The third-order valence-electron chi connectivity index (χ3n) is 2.97. The molecule has 0 aromatic carbocycles. The van der Waals surface area contributed by atoms with Gasteiger partial charge >= 0.3 is 0 Å². The Kier molecular flexibility index (Phi) is 3.15. The van der Waals surface area contributed by atoms with Crippen molar-refractivity contribution in [2.24, 2.45) is 5.73 Å². The van der Waals surface area contributed by atoms with Crippen LogP contribution < -0.4 is 16.2 Å². The number of thiophene rings is 1. The second-order valence-corrected chi connectivity index (χ2v) is 5.22. The molecule has 3 rings (SSSR count). The number of carbonyl (C=O) groups excluding carboxylic acids is 1. The zero-order valence-electron chi connectivity index (χ0n) is 11.0. The van der Waals surface area contributed by atoms with Gasteiger partial charge in [-0.05, 0) is 6.07 Å². The highest BCUT2D eigenvalue weighted by molar-refractivity contribution is 7.21. The number of carbonyl (C=O) groups is 1. The van der Waals surface area contributed by atoms with E-state index in [2.05, 4.69) is 15.0 Å². The van der Waals surface area contributed by atoms with Crippen LogP contribution in [0.15, 0.2) is 24.8 Å². The second kappa shape index (κ2) is 4.98. The van der Waals surface area contributed by atoms with Gasteiger partial charge in [-0.1, -0.05) is 0 Å². The summed E-state index contributed by atoms with van der Waals surface area (Å²) in [5.74, 6) is 0.0217.